The van der Waals surface area contributed by atoms with Gasteiger partial charge in [-0.1, -0.05) is 23.2 Å². The lowest BCUT2D eigenvalue weighted by Gasteiger charge is -2.14. The first-order valence-electron chi connectivity index (χ1n) is 4.57. The van der Waals surface area contributed by atoms with Gasteiger partial charge in [0.2, 0.25) is 0 Å². The predicted molar refractivity (Wildman–Crippen MR) is 60.2 cm³/mol. The molecular weight excluding hydrogens is 259 g/mol. The maximum Gasteiger partial charge on any atom is 0.282 e. The number of aliphatic hydroxyl groups is 1. The monoisotopic (exact) mass is 269 g/mol. The quantitative estimate of drug-likeness (QED) is 0.862. The van der Waals surface area contributed by atoms with E-state index in [0.717, 1.165) is 0 Å². The van der Waals surface area contributed by atoms with Crippen LogP contribution in [0.2, 0.25) is 10.0 Å². The van der Waals surface area contributed by atoms with Gasteiger partial charge in [0, 0.05) is 16.6 Å². The number of alkyl halides is 2. The number of benzene rings is 1. The number of halogens is 4. The van der Waals surface area contributed by atoms with Crippen LogP contribution < -0.4 is 5.32 Å². The number of hydrogen-bond acceptors (Lipinski definition) is 2. The minimum absolute atomic E-state index is 0.218. The highest BCUT2D eigenvalue weighted by Crippen LogP contribution is 2.19. The normalized spacial score (nSPS) is 11.8. The number of nitrogens with one attached hydrogen (secondary N) is 1. The molecule has 0 unspecified atom stereocenters. The molecule has 0 aliphatic heterocycles. The second-order valence-corrected chi connectivity index (χ2v) is 4.27. The van der Waals surface area contributed by atoms with E-state index in [1.54, 1.807) is 18.2 Å². The Balaban J connectivity index is 2.49. The van der Waals surface area contributed by atoms with E-state index in [-0.39, 0.29) is 6.54 Å². The summed E-state index contributed by atoms with van der Waals surface area (Å²) in [4.78, 5) is 0. The van der Waals surface area contributed by atoms with Crippen molar-refractivity contribution in [3.05, 3.63) is 33.8 Å². The van der Waals surface area contributed by atoms with Crippen molar-refractivity contribution in [1.82, 2.24) is 5.32 Å². The van der Waals surface area contributed by atoms with Crippen molar-refractivity contribution >= 4 is 23.2 Å². The van der Waals surface area contributed by atoms with Gasteiger partial charge in [-0.3, -0.25) is 0 Å². The molecular formula is C10H11Cl2F2NO. The Hall–Kier alpha value is -0.420. The summed E-state index contributed by atoms with van der Waals surface area (Å²) in [6, 6.07) is 4.84. The van der Waals surface area contributed by atoms with Crippen molar-refractivity contribution in [3.63, 3.8) is 0 Å². The van der Waals surface area contributed by atoms with Crippen LogP contribution in [0.5, 0.6) is 0 Å². The van der Waals surface area contributed by atoms with Gasteiger partial charge in [0.25, 0.3) is 5.92 Å². The summed E-state index contributed by atoms with van der Waals surface area (Å²) < 4.78 is 25.3. The molecule has 90 valence electrons. The first-order chi connectivity index (χ1) is 7.43. The molecule has 0 spiro atoms. The minimum Gasteiger partial charge on any atom is -0.390 e. The van der Waals surface area contributed by atoms with Crippen molar-refractivity contribution in [2.24, 2.45) is 0 Å². The summed E-state index contributed by atoms with van der Waals surface area (Å²) >= 11 is 11.5. The molecule has 0 heterocycles. The zero-order chi connectivity index (χ0) is 12.2. The SMILES string of the molecule is OCC(F)(F)CNCc1cc(Cl)cc(Cl)c1. The summed E-state index contributed by atoms with van der Waals surface area (Å²) in [5.41, 5.74) is 0.714. The standard InChI is InChI=1S/C10H11Cl2F2NO/c11-8-1-7(2-9(12)3-8)4-15-5-10(13,14)6-16/h1-3,15-16H,4-6H2. The largest absolute Gasteiger partial charge is 0.390 e. The van der Waals surface area contributed by atoms with Gasteiger partial charge in [-0.25, -0.2) is 8.78 Å². The second-order valence-electron chi connectivity index (χ2n) is 3.40. The molecule has 6 heteroatoms. The van der Waals surface area contributed by atoms with Gasteiger partial charge in [-0.15, -0.1) is 0 Å². The molecule has 2 nitrogen and oxygen atoms in total. The molecule has 0 aromatic heterocycles. The average Bonchev–Trinajstić information content (AvgIpc) is 2.16. The average molecular weight is 270 g/mol. The van der Waals surface area contributed by atoms with Gasteiger partial charge >= 0.3 is 0 Å². The lowest BCUT2D eigenvalue weighted by atomic mass is 10.2. The van der Waals surface area contributed by atoms with Crippen LogP contribution in [-0.2, 0) is 6.54 Å². The number of hydrogen-bond donors (Lipinski definition) is 2. The fraction of sp³-hybridized carbons (Fsp3) is 0.400. The maximum absolute atomic E-state index is 12.6. The van der Waals surface area contributed by atoms with Crippen molar-refractivity contribution in [3.8, 4) is 0 Å². The van der Waals surface area contributed by atoms with E-state index < -0.39 is 19.1 Å². The van der Waals surface area contributed by atoms with E-state index in [1.807, 2.05) is 0 Å². The summed E-state index contributed by atoms with van der Waals surface area (Å²) in [5.74, 6) is -3.11. The van der Waals surface area contributed by atoms with Gasteiger partial charge in [-0.2, -0.15) is 0 Å². The third-order valence-electron chi connectivity index (χ3n) is 1.87. The highest BCUT2D eigenvalue weighted by atomic mass is 35.5. The summed E-state index contributed by atoms with van der Waals surface area (Å²) in [6.45, 7) is -1.54. The van der Waals surface area contributed by atoms with Crippen LogP contribution in [0.1, 0.15) is 5.56 Å². The number of rotatable bonds is 5. The van der Waals surface area contributed by atoms with Crippen LogP contribution in [-0.4, -0.2) is 24.2 Å². The lowest BCUT2D eigenvalue weighted by Crippen LogP contribution is -2.35. The molecule has 0 bridgehead atoms. The maximum atomic E-state index is 12.6. The predicted octanol–water partition coefficient (Wildman–Crippen LogP) is 2.71. The van der Waals surface area contributed by atoms with Gasteiger partial charge in [-0.05, 0) is 23.8 Å². The van der Waals surface area contributed by atoms with E-state index in [4.69, 9.17) is 28.3 Å². The van der Waals surface area contributed by atoms with Gasteiger partial charge in [0.1, 0.15) is 6.61 Å². The van der Waals surface area contributed by atoms with E-state index in [2.05, 4.69) is 5.32 Å². The third-order valence-corrected chi connectivity index (χ3v) is 2.30. The smallest absolute Gasteiger partial charge is 0.282 e. The molecule has 2 N–H and O–H groups in total. The van der Waals surface area contributed by atoms with E-state index >= 15 is 0 Å². The molecule has 0 fully saturated rings. The van der Waals surface area contributed by atoms with Gasteiger partial charge < -0.3 is 10.4 Å². The zero-order valence-electron chi connectivity index (χ0n) is 8.31. The lowest BCUT2D eigenvalue weighted by molar-refractivity contribution is -0.0477. The first-order valence-corrected chi connectivity index (χ1v) is 5.33. The Morgan fingerprint density at radius 1 is 1.19 bits per heavy atom. The van der Waals surface area contributed by atoms with Crippen molar-refractivity contribution in [2.75, 3.05) is 13.2 Å². The van der Waals surface area contributed by atoms with Gasteiger partial charge in [0.15, 0.2) is 0 Å². The van der Waals surface area contributed by atoms with Crippen LogP contribution in [0, 0.1) is 0 Å². The molecule has 16 heavy (non-hydrogen) atoms. The van der Waals surface area contributed by atoms with Gasteiger partial charge in [0.05, 0.1) is 6.54 Å². The molecule has 0 amide bonds. The van der Waals surface area contributed by atoms with Crippen LogP contribution >= 0.6 is 23.2 Å². The molecule has 0 atom stereocenters. The van der Waals surface area contributed by atoms with E-state index in [0.29, 0.717) is 15.6 Å². The van der Waals surface area contributed by atoms with Crippen LogP contribution in [0.15, 0.2) is 18.2 Å². The topological polar surface area (TPSA) is 32.3 Å². The summed E-state index contributed by atoms with van der Waals surface area (Å²) in [7, 11) is 0. The molecule has 0 aliphatic rings. The third kappa shape index (κ3) is 4.61. The molecule has 1 aromatic rings. The Labute approximate surface area is 102 Å². The minimum atomic E-state index is -3.11. The van der Waals surface area contributed by atoms with Crippen molar-refractivity contribution in [1.29, 1.82) is 0 Å². The summed E-state index contributed by atoms with van der Waals surface area (Å²) in [6.07, 6.45) is 0. The van der Waals surface area contributed by atoms with Crippen LogP contribution in [0.25, 0.3) is 0 Å². The molecule has 0 radical (unpaired) electrons. The van der Waals surface area contributed by atoms with E-state index in [1.165, 1.54) is 0 Å². The fourth-order valence-corrected chi connectivity index (χ4v) is 1.73. The fourth-order valence-electron chi connectivity index (χ4n) is 1.16. The molecule has 1 rings (SSSR count). The van der Waals surface area contributed by atoms with Crippen LogP contribution in [0.4, 0.5) is 8.78 Å². The Morgan fingerprint density at radius 3 is 2.25 bits per heavy atom. The van der Waals surface area contributed by atoms with E-state index in [9.17, 15) is 8.78 Å². The zero-order valence-corrected chi connectivity index (χ0v) is 9.82. The molecule has 0 saturated carbocycles. The number of aliphatic hydroxyl groups excluding tert-OH is 1. The molecule has 0 aliphatic carbocycles. The second kappa shape index (κ2) is 5.77. The van der Waals surface area contributed by atoms with Crippen LogP contribution in [0.3, 0.4) is 0 Å². The first kappa shape index (κ1) is 13.6. The Bertz CT molecular complexity index is 340. The highest BCUT2D eigenvalue weighted by Gasteiger charge is 2.26. The Morgan fingerprint density at radius 2 is 1.75 bits per heavy atom. The summed E-state index contributed by atoms with van der Waals surface area (Å²) in [5, 5.41) is 11.8. The molecule has 1 aromatic carbocycles. The van der Waals surface area contributed by atoms with Crippen molar-refractivity contribution < 1.29 is 13.9 Å². The van der Waals surface area contributed by atoms with Crippen molar-refractivity contribution in [2.45, 2.75) is 12.5 Å². The highest BCUT2D eigenvalue weighted by molar-refractivity contribution is 6.34. The molecule has 0 saturated heterocycles. The Kier molecular flexibility index (Phi) is 4.92.